The van der Waals surface area contributed by atoms with Gasteiger partial charge in [-0.2, -0.15) is 0 Å². The van der Waals surface area contributed by atoms with E-state index in [9.17, 15) is 4.79 Å². The van der Waals surface area contributed by atoms with Crippen LogP contribution in [0.2, 0.25) is 0 Å². The molecule has 23 heavy (non-hydrogen) atoms. The van der Waals surface area contributed by atoms with E-state index in [0.717, 1.165) is 32.4 Å². The fourth-order valence-electron chi connectivity index (χ4n) is 3.52. The summed E-state index contributed by atoms with van der Waals surface area (Å²) in [6.07, 6.45) is 6.35. The van der Waals surface area contributed by atoms with Crippen molar-refractivity contribution in [3.8, 4) is 0 Å². The average Bonchev–Trinajstić information content (AvgIpc) is 2.98. The molecule has 0 saturated carbocycles. The molecule has 0 spiro atoms. The first-order valence-corrected chi connectivity index (χ1v) is 8.33. The van der Waals surface area contributed by atoms with Gasteiger partial charge in [0, 0.05) is 45.2 Å². The van der Waals surface area contributed by atoms with Gasteiger partial charge in [-0.25, -0.2) is 0 Å². The van der Waals surface area contributed by atoms with Gasteiger partial charge in [0.05, 0.1) is 12.7 Å². The Morgan fingerprint density at radius 2 is 2.39 bits per heavy atom. The van der Waals surface area contributed by atoms with E-state index in [0.29, 0.717) is 19.2 Å². The summed E-state index contributed by atoms with van der Waals surface area (Å²) in [6.45, 7) is 2.99. The normalized spacial score (nSPS) is 27.6. The Morgan fingerprint density at radius 1 is 1.48 bits per heavy atom. The molecule has 3 atom stereocenters. The molecule has 2 fully saturated rings. The van der Waals surface area contributed by atoms with E-state index in [1.54, 1.807) is 13.3 Å². The molecule has 0 aromatic carbocycles. The summed E-state index contributed by atoms with van der Waals surface area (Å²) in [4.78, 5) is 18.8. The summed E-state index contributed by atoms with van der Waals surface area (Å²) in [5, 5.41) is 2.87. The number of methoxy groups -OCH3 is 1. The number of carbonyl (C=O) groups excluding carboxylic acids is 1. The summed E-state index contributed by atoms with van der Waals surface area (Å²) in [5.74, 6) is -0.00814. The number of likely N-dealkylation sites (tertiary alicyclic amines) is 1. The van der Waals surface area contributed by atoms with E-state index in [1.165, 1.54) is 5.56 Å². The van der Waals surface area contributed by atoms with E-state index < -0.39 is 0 Å². The molecule has 0 bridgehead atoms. The first-order valence-electron chi connectivity index (χ1n) is 8.33. The molecular weight excluding hydrogens is 294 g/mol. The van der Waals surface area contributed by atoms with Crippen molar-refractivity contribution < 1.29 is 14.3 Å². The lowest BCUT2D eigenvalue weighted by Crippen LogP contribution is -2.48. The lowest BCUT2D eigenvalue weighted by molar-refractivity contribution is -0.144. The van der Waals surface area contributed by atoms with E-state index in [-0.39, 0.29) is 18.1 Å². The standard InChI is InChI=1S/C17H25N3O3/c1-22-10-8-19-17(21)16-5-4-14-15(23-16)6-9-20(14)12-13-3-2-7-18-11-13/h2-3,7,11,14-16H,4-6,8-10,12H2,1H3,(H,19,21)/t14-,15-,16+/m1/s1. The van der Waals surface area contributed by atoms with Crippen molar-refractivity contribution in [2.75, 3.05) is 26.8 Å². The molecule has 2 aliphatic heterocycles. The van der Waals surface area contributed by atoms with Gasteiger partial charge in [0.15, 0.2) is 0 Å². The zero-order chi connectivity index (χ0) is 16.1. The molecule has 6 heteroatoms. The number of hydrogen-bond donors (Lipinski definition) is 1. The maximum Gasteiger partial charge on any atom is 0.249 e. The summed E-state index contributed by atoms with van der Waals surface area (Å²) < 4.78 is 11.0. The second kappa shape index (κ2) is 7.86. The summed E-state index contributed by atoms with van der Waals surface area (Å²) in [6, 6.07) is 4.50. The average molecular weight is 319 g/mol. The van der Waals surface area contributed by atoms with Gasteiger partial charge in [-0.05, 0) is 30.9 Å². The SMILES string of the molecule is COCCNC(=O)[C@@H]1CC[C@@H]2[C@@H](CCN2Cc2cccnc2)O1. The van der Waals surface area contributed by atoms with Crippen molar-refractivity contribution in [1.82, 2.24) is 15.2 Å². The number of nitrogens with one attached hydrogen (secondary N) is 1. The highest BCUT2D eigenvalue weighted by atomic mass is 16.5. The van der Waals surface area contributed by atoms with Crippen LogP contribution in [-0.4, -0.2) is 60.8 Å². The van der Waals surface area contributed by atoms with Crippen LogP contribution in [0.4, 0.5) is 0 Å². The van der Waals surface area contributed by atoms with Gasteiger partial charge in [0.2, 0.25) is 5.91 Å². The third-order valence-electron chi connectivity index (χ3n) is 4.67. The molecule has 126 valence electrons. The van der Waals surface area contributed by atoms with Crippen molar-refractivity contribution in [3.05, 3.63) is 30.1 Å². The number of hydrogen-bond acceptors (Lipinski definition) is 5. The van der Waals surface area contributed by atoms with Crippen molar-refractivity contribution >= 4 is 5.91 Å². The predicted molar refractivity (Wildman–Crippen MR) is 85.8 cm³/mol. The van der Waals surface area contributed by atoms with Gasteiger partial charge in [-0.15, -0.1) is 0 Å². The van der Waals surface area contributed by atoms with Crippen LogP contribution in [0.1, 0.15) is 24.8 Å². The topological polar surface area (TPSA) is 63.7 Å². The largest absolute Gasteiger partial charge is 0.383 e. The predicted octanol–water partition coefficient (Wildman–Crippen LogP) is 0.966. The maximum absolute atomic E-state index is 12.1. The van der Waals surface area contributed by atoms with Crippen molar-refractivity contribution in [3.63, 3.8) is 0 Å². The second-order valence-electron chi connectivity index (χ2n) is 6.21. The van der Waals surface area contributed by atoms with Crippen LogP contribution in [0.25, 0.3) is 0 Å². The van der Waals surface area contributed by atoms with E-state index >= 15 is 0 Å². The van der Waals surface area contributed by atoms with Crippen LogP contribution in [-0.2, 0) is 20.8 Å². The van der Waals surface area contributed by atoms with Gasteiger partial charge < -0.3 is 14.8 Å². The quantitative estimate of drug-likeness (QED) is 0.792. The molecule has 6 nitrogen and oxygen atoms in total. The Balaban J connectivity index is 1.51. The van der Waals surface area contributed by atoms with Gasteiger partial charge in [-0.3, -0.25) is 14.7 Å². The number of pyridine rings is 1. The summed E-state index contributed by atoms with van der Waals surface area (Å²) in [7, 11) is 1.63. The Labute approximate surface area is 137 Å². The highest BCUT2D eigenvalue weighted by molar-refractivity contribution is 5.80. The van der Waals surface area contributed by atoms with Gasteiger partial charge in [-0.1, -0.05) is 6.07 Å². The molecule has 2 aliphatic rings. The van der Waals surface area contributed by atoms with E-state index in [1.807, 2.05) is 12.3 Å². The molecule has 0 unspecified atom stereocenters. The Kier molecular flexibility index (Phi) is 5.59. The van der Waals surface area contributed by atoms with Gasteiger partial charge >= 0.3 is 0 Å². The number of fused-ring (bicyclic) bond motifs is 1. The third kappa shape index (κ3) is 4.07. The molecule has 0 aliphatic carbocycles. The number of rotatable bonds is 6. The fraction of sp³-hybridized carbons (Fsp3) is 0.647. The van der Waals surface area contributed by atoms with Crippen molar-refractivity contribution in [2.45, 2.75) is 44.1 Å². The molecular formula is C17H25N3O3. The first kappa shape index (κ1) is 16.4. The Hall–Kier alpha value is -1.50. The third-order valence-corrected chi connectivity index (χ3v) is 4.67. The van der Waals surface area contributed by atoms with Crippen LogP contribution in [0.3, 0.4) is 0 Å². The second-order valence-corrected chi connectivity index (χ2v) is 6.21. The monoisotopic (exact) mass is 319 g/mol. The molecule has 1 N–H and O–H groups in total. The number of nitrogens with zero attached hydrogens (tertiary/aromatic N) is 2. The smallest absolute Gasteiger partial charge is 0.249 e. The van der Waals surface area contributed by atoms with Gasteiger partial charge in [0.1, 0.15) is 6.10 Å². The molecule has 1 aromatic rings. The zero-order valence-electron chi connectivity index (χ0n) is 13.6. The van der Waals surface area contributed by atoms with Crippen LogP contribution < -0.4 is 5.32 Å². The lowest BCUT2D eigenvalue weighted by Gasteiger charge is -2.35. The van der Waals surface area contributed by atoms with Crippen molar-refractivity contribution in [2.24, 2.45) is 0 Å². The number of aromatic nitrogens is 1. The number of amides is 1. The highest BCUT2D eigenvalue weighted by Gasteiger charge is 2.41. The Morgan fingerprint density at radius 3 is 3.17 bits per heavy atom. The highest BCUT2D eigenvalue weighted by Crippen LogP contribution is 2.32. The van der Waals surface area contributed by atoms with Crippen LogP contribution in [0.15, 0.2) is 24.5 Å². The number of ether oxygens (including phenoxy) is 2. The zero-order valence-corrected chi connectivity index (χ0v) is 13.6. The van der Waals surface area contributed by atoms with Crippen LogP contribution in [0, 0.1) is 0 Å². The van der Waals surface area contributed by atoms with Gasteiger partial charge in [0.25, 0.3) is 0 Å². The van der Waals surface area contributed by atoms with Crippen LogP contribution >= 0.6 is 0 Å². The number of carbonyl (C=O) groups is 1. The molecule has 3 heterocycles. The molecule has 3 rings (SSSR count). The first-order chi connectivity index (χ1) is 11.3. The minimum absolute atomic E-state index is 0.00814. The minimum atomic E-state index is -0.313. The molecule has 1 aromatic heterocycles. The van der Waals surface area contributed by atoms with E-state index in [4.69, 9.17) is 9.47 Å². The Bertz CT molecular complexity index is 511. The molecule has 0 radical (unpaired) electrons. The summed E-state index contributed by atoms with van der Waals surface area (Å²) >= 11 is 0. The van der Waals surface area contributed by atoms with E-state index in [2.05, 4.69) is 21.3 Å². The molecule has 2 saturated heterocycles. The van der Waals surface area contributed by atoms with Crippen molar-refractivity contribution in [1.29, 1.82) is 0 Å². The minimum Gasteiger partial charge on any atom is -0.383 e. The van der Waals surface area contributed by atoms with Crippen LogP contribution in [0.5, 0.6) is 0 Å². The molecule has 1 amide bonds. The maximum atomic E-state index is 12.1. The fourth-order valence-corrected chi connectivity index (χ4v) is 3.52. The lowest BCUT2D eigenvalue weighted by atomic mass is 9.98. The summed E-state index contributed by atoms with van der Waals surface area (Å²) in [5.41, 5.74) is 1.23.